The van der Waals surface area contributed by atoms with Crippen LogP contribution in [0.15, 0.2) is 47.2 Å². The molecule has 106 valence electrons. The number of hydrogen-bond acceptors (Lipinski definition) is 3. The fourth-order valence-corrected chi connectivity index (χ4v) is 3.08. The second kappa shape index (κ2) is 6.71. The molecule has 0 N–H and O–H groups in total. The van der Waals surface area contributed by atoms with Crippen molar-refractivity contribution >= 4 is 0 Å². The van der Waals surface area contributed by atoms with Crippen LogP contribution >= 0.6 is 0 Å². The van der Waals surface area contributed by atoms with E-state index in [2.05, 4.69) is 28.1 Å². The molecule has 3 nitrogen and oxygen atoms in total. The molecule has 1 unspecified atom stereocenters. The lowest BCUT2D eigenvalue weighted by atomic mass is 9.98. The number of likely N-dealkylation sites (tertiary alicyclic amines) is 1. The summed E-state index contributed by atoms with van der Waals surface area (Å²) in [6.07, 6.45) is 9.70. The van der Waals surface area contributed by atoms with Gasteiger partial charge < -0.3 is 4.42 Å². The molecular formula is C17H22N2O. The van der Waals surface area contributed by atoms with E-state index in [0.29, 0.717) is 6.04 Å². The summed E-state index contributed by atoms with van der Waals surface area (Å²) in [5, 5.41) is 0. The Hall–Kier alpha value is -1.61. The van der Waals surface area contributed by atoms with E-state index in [-0.39, 0.29) is 0 Å². The number of pyridine rings is 1. The number of rotatable bonds is 5. The number of aromatic nitrogens is 1. The molecule has 1 aliphatic rings. The highest BCUT2D eigenvalue weighted by molar-refractivity contribution is 5.09. The van der Waals surface area contributed by atoms with Gasteiger partial charge in [0.25, 0.3) is 0 Å². The van der Waals surface area contributed by atoms with Crippen molar-refractivity contribution in [3.8, 4) is 0 Å². The predicted octanol–water partition coefficient (Wildman–Crippen LogP) is 3.83. The van der Waals surface area contributed by atoms with Gasteiger partial charge in [-0.05, 0) is 56.6 Å². The van der Waals surface area contributed by atoms with E-state index in [1.807, 2.05) is 18.3 Å². The smallest absolute Gasteiger partial charge is 0.103 e. The van der Waals surface area contributed by atoms with Crippen molar-refractivity contribution in [3.05, 3.63) is 54.2 Å². The standard InChI is InChI=1S/C17H22N2O/c1-3-11-18-16(9-1)17-10-2-4-12-19(17)13-5-7-15-8-6-14-20-15/h1,3,6,8-9,11,14,17H,2,4-5,7,10,12-13H2. The first-order valence-electron chi connectivity index (χ1n) is 7.61. The zero-order chi connectivity index (χ0) is 13.6. The van der Waals surface area contributed by atoms with Crippen LogP contribution in [-0.4, -0.2) is 23.0 Å². The van der Waals surface area contributed by atoms with Gasteiger partial charge >= 0.3 is 0 Å². The van der Waals surface area contributed by atoms with Gasteiger partial charge in [-0.25, -0.2) is 0 Å². The maximum Gasteiger partial charge on any atom is 0.103 e. The van der Waals surface area contributed by atoms with E-state index in [1.165, 1.54) is 31.5 Å². The van der Waals surface area contributed by atoms with Crippen LogP contribution in [0.5, 0.6) is 0 Å². The van der Waals surface area contributed by atoms with Crippen LogP contribution in [0.3, 0.4) is 0 Å². The Morgan fingerprint density at radius 3 is 3.00 bits per heavy atom. The maximum absolute atomic E-state index is 5.40. The summed E-state index contributed by atoms with van der Waals surface area (Å²) < 4.78 is 5.40. The van der Waals surface area contributed by atoms with Crippen molar-refractivity contribution in [2.75, 3.05) is 13.1 Å². The molecule has 0 bridgehead atoms. The van der Waals surface area contributed by atoms with Crippen molar-refractivity contribution in [2.24, 2.45) is 0 Å². The summed E-state index contributed by atoms with van der Waals surface area (Å²) >= 11 is 0. The van der Waals surface area contributed by atoms with E-state index in [0.717, 1.165) is 25.1 Å². The molecule has 3 heterocycles. The number of piperidine rings is 1. The summed E-state index contributed by atoms with van der Waals surface area (Å²) in [5.41, 5.74) is 1.23. The largest absolute Gasteiger partial charge is 0.469 e. The van der Waals surface area contributed by atoms with E-state index >= 15 is 0 Å². The van der Waals surface area contributed by atoms with E-state index in [9.17, 15) is 0 Å². The maximum atomic E-state index is 5.40. The first-order chi connectivity index (χ1) is 9.93. The van der Waals surface area contributed by atoms with Crippen LogP contribution in [0.2, 0.25) is 0 Å². The Bertz CT molecular complexity index is 495. The molecule has 3 heteroatoms. The lowest BCUT2D eigenvalue weighted by Gasteiger charge is -2.35. The lowest BCUT2D eigenvalue weighted by Crippen LogP contribution is -2.34. The summed E-state index contributed by atoms with van der Waals surface area (Å²) in [4.78, 5) is 7.14. The van der Waals surface area contributed by atoms with Gasteiger partial charge in [0.15, 0.2) is 0 Å². The van der Waals surface area contributed by atoms with Crippen molar-refractivity contribution in [1.82, 2.24) is 9.88 Å². The Balaban J connectivity index is 1.58. The van der Waals surface area contributed by atoms with Crippen LogP contribution in [0, 0.1) is 0 Å². The second-order valence-electron chi connectivity index (χ2n) is 5.49. The minimum atomic E-state index is 0.501. The van der Waals surface area contributed by atoms with Gasteiger partial charge in [0.05, 0.1) is 18.0 Å². The molecule has 0 aliphatic carbocycles. The molecule has 1 atom stereocenters. The van der Waals surface area contributed by atoms with Crippen LogP contribution in [0.4, 0.5) is 0 Å². The second-order valence-corrected chi connectivity index (χ2v) is 5.49. The third-order valence-corrected chi connectivity index (χ3v) is 4.09. The summed E-state index contributed by atoms with van der Waals surface area (Å²) in [6.45, 7) is 2.32. The van der Waals surface area contributed by atoms with Crippen molar-refractivity contribution in [3.63, 3.8) is 0 Å². The molecular weight excluding hydrogens is 248 g/mol. The van der Waals surface area contributed by atoms with Gasteiger partial charge in [-0.1, -0.05) is 12.5 Å². The quantitative estimate of drug-likeness (QED) is 0.826. The molecule has 0 spiro atoms. The number of nitrogens with zero attached hydrogens (tertiary/aromatic N) is 2. The average molecular weight is 270 g/mol. The zero-order valence-electron chi connectivity index (χ0n) is 11.9. The normalized spacial score (nSPS) is 20.1. The monoisotopic (exact) mass is 270 g/mol. The number of furan rings is 1. The minimum absolute atomic E-state index is 0.501. The molecule has 20 heavy (non-hydrogen) atoms. The third-order valence-electron chi connectivity index (χ3n) is 4.09. The van der Waals surface area contributed by atoms with E-state index in [4.69, 9.17) is 4.42 Å². The lowest BCUT2D eigenvalue weighted by molar-refractivity contribution is 0.143. The van der Waals surface area contributed by atoms with E-state index < -0.39 is 0 Å². The summed E-state index contributed by atoms with van der Waals surface area (Å²) in [6, 6.07) is 10.8. The molecule has 0 amide bonds. The predicted molar refractivity (Wildman–Crippen MR) is 79.4 cm³/mol. The third kappa shape index (κ3) is 3.28. The first-order valence-corrected chi connectivity index (χ1v) is 7.61. The average Bonchev–Trinajstić information content (AvgIpc) is 3.02. The van der Waals surface area contributed by atoms with Gasteiger partial charge in [-0.15, -0.1) is 0 Å². The highest BCUT2D eigenvalue weighted by Gasteiger charge is 2.24. The highest BCUT2D eigenvalue weighted by atomic mass is 16.3. The molecule has 1 fully saturated rings. The summed E-state index contributed by atoms with van der Waals surface area (Å²) in [7, 11) is 0. The van der Waals surface area contributed by atoms with Crippen LogP contribution in [0.1, 0.15) is 43.2 Å². The fourth-order valence-electron chi connectivity index (χ4n) is 3.08. The Kier molecular flexibility index (Phi) is 4.49. The van der Waals surface area contributed by atoms with Gasteiger partial charge in [-0.2, -0.15) is 0 Å². The molecule has 0 aromatic carbocycles. The zero-order valence-corrected chi connectivity index (χ0v) is 11.9. The van der Waals surface area contributed by atoms with Crippen LogP contribution in [0.25, 0.3) is 0 Å². The minimum Gasteiger partial charge on any atom is -0.469 e. The van der Waals surface area contributed by atoms with Crippen LogP contribution < -0.4 is 0 Å². The number of hydrogen-bond donors (Lipinski definition) is 0. The molecule has 2 aromatic rings. The van der Waals surface area contributed by atoms with E-state index in [1.54, 1.807) is 6.26 Å². The summed E-state index contributed by atoms with van der Waals surface area (Å²) in [5.74, 6) is 1.09. The van der Waals surface area contributed by atoms with Crippen molar-refractivity contribution < 1.29 is 4.42 Å². The SMILES string of the molecule is c1ccc(C2CCCCN2CCCc2ccco2)nc1. The topological polar surface area (TPSA) is 29.3 Å². The Morgan fingerprint density at radius 2 is 2.20 bits per heavy atom. The molecule has 0 saturated carbocycles. The van der Waals surface area contributed by atoms with Gasteiger partial charge in [0.2, 0.25) is 0 Å². The molecule has 0 radical (unpaired) electrons. The van der Waals surface area contributed by atoms with Gasteiger partial charge in [0.1, 0.15) is 5.76 Å². The number of aryl methyl sites for hydroxylation is 1. The van der Waals surface area contributed by atoms with Gasteiger partial charge in [-0.3, -0.25) is 9.88 Å². The van der Waals surface area contributed by atoms with Crippen molar-refractivity contribution in [1.29, 1.82) is 0 Å². The molecule has 2 aromatic heterocycles. The fraction of sp³-hybridized carbons (Fsp3) is 0.471. The highest BCUT2D eigenvalue weighted by Crippen LogP contribution is 2.29. The van der Waals surface area contributed by atoms with Crippen molar-refractivity contribution in [2.45, 2.75) is 38.1 Å². The molecule has 3 rings (SSSR count). The Labute approximate surface area is 120 Å². The molecule has 1 saturated heterocycles. The Morgan fingerprint density at radius 1 is 1.20 bits per heavy atom. The molecule has 1 aliphatic heterocycles. The van der Waals surface area contributed by atoms with Gasteiger partial charge in [0, 0.05) is 12.6 Å². The van der Waals surface area contributed by atoms with Crippen LogP contribution in [-0.2, 0) is 6.42 Å². The first kappa shape index (κ1) is 13.4.